The molecular formula is C19H19ClN6O2. The minimum absolute atomic E-state index is 0.0220. The minimum Gasteiger partial charge on any atom is -0.456 e. The van der Waals surface area contributed by atoms with E-state index in [1.807, 2.05) is 17.0 Å². The number of aromatic amines is 1. The zero-order valence-corrected chi connectivity index (χ0v) is 15.8. The second kappa shape index (κ2) is 8.35. The number of nitrogens with one attached hydrogen (secondary N) is 1. The summed E-state index contributed by atoms with van der Waals surface area (Å²) in [5.74, 6) is 1.52. The molecule has 2 aromatic heterocycles. The van der Waals surface area contributed by atoms with E-state index in [1.165, 1.54) is 0 Å². The number of benzene rings is 1. The van der Waals surface area contributed by atoms with Gasteiger partial charge in [-0.05, 0) is 37.5 Å². The van der Waals surface area contributed by atoms with Gasteiger partial charge in [-0.15, -0.1) is 10.2 Å². The fourth-order valence-electron chi connectivity index (χ4n) is 3.35. The molecule has 1 saturated heterocycles. The van der Waals surface area contributed by atoms with E-state index < -0.39 is 0 Å². The Kier molecular flexibility index (Phi) is 5.48. The standard InChI is InChI=1S/C19H19ClN6O2/c20-15-6-1-2-7-17(15)28-14-8-9-21-16(12-14)19(27)26-10-4-3-5-13(26)11-18-22-24-25-23-18/h1-2,6-9,12-13H,3-5,10-11H2,(H,22,23,24,25). The van der Waals surface area contributed by atoms with Crippen molar-refractivity contribution < 1.29 is 9.53 Å². The summed E-state index contributed by atoms with van der Waals surface area (Å²) in [4.78, 5) is 19.2. The van der Waals surface area contributed by atoms with Gasteiger partial charge in [0.25, 0.3) is 5.91 Å². The Labute approximate surface area is 166 Å². The normalized spacial score (nSPS) is 16.8. The lowest BCUT2D eigenvalue weighted by molar-refractivity contribution is 0.0604. The second-order valence-corrected chi connectivity index (χ2v) is 7.00. The molecule has 1 atom stereocenters. The molecule has 8 nitrogen and oxygen atoms in total. The fraction of sp³-hybridized carbons (Fsp3) is 0.316. The van der Waals surface area contributed by atoms with E-state index in [0.717, 1.165) is 19.3 Å². The van der Waals surface area contributed by atoms with E-state index in [2.05, 4.69) is 25.6 Å². The lowest BCUT2D eigenvalue weighted by Gasteiger charge is -2.35. The number of carbonyl (C=O) groups is 1. The summed E-state index contributed by atoms with van der Waals surface area (Å²) < 4.78 is 5.82. The lowest BCUT2D eigenvalue weighted by Crippen LogP contribution is -2.45. The fourth-order valence-corrected chi connectivity index (χ4v) is 3.53. The average Bonchev–Trinajstić information content (AvgIpc) is 3.23. The first-order valence-electron chi connectivity index (χ1n) is 9.12. The Hall–Kier alpha value is -3.00. The first kappa shape index (κ1) is 18.4. The predicted octanol–water partition coefficient (Wildman–Crippen LogP) is 3.28. The second-order valence-electron chi connectivity index (χ2n) is 6.59. The topological polar surface area (TPSA) is 96.9 Å². The van der Waals surface area contributed by atoms with Crippen molar-refractivity contribution in [3.8, 4) is 11.5 Å². The van der Waals surface area contributed by atoms with Gasteiger partial charge in [0.1, 0.15) is 17.2 Å². The number of amides is 1. The lowest BCUT2D eigenvalue weighted by atomic mass is 9.98. The van der Waals surface area contributed by atoms with Gasteiger partial charge in [-0.1, -0.05) is 28.9 Å². The van der Waals surface area contributed by atoms with Crippen LogP contribution >= 0.6 is 11.6 Å². The number of halogens is 1. The smallest absolute Gasteiger partial charge is 0.272 e. The largest absolute Gasteiger partial charge is 0.456 e. The van der Waals surface area contributed by atoms with Crippen molar-refractivity contribution in [3.05, 3.63) is 59.1 Å². The molecule has 0 radical (unpaired) electrons. The van der Waals surface area contributed by atoms with Crippen molar-refractivity contribution in [1.82, 2.24) is 30.5 Å². The third-order valence-electron chi connectivity index (χ3n) is 4.71. The number of tetrazole rings is 1. The van der Waals surface area contributed by atoms with Gasteiger partial charge >= 0.3 is 0 Å². The third kappa shape index (κ3) is 4.12. The Morgan fingerprint density at radius 2 is 2.18 bits per heavy atom. The van der Waals surface area contributed by atoms with Gasteiger partial charge in [-0.3, -0.25) is 9.78 Å². The number of ether oxygens (including phenoxy) is 1. The van der Waals surface area contributed by atoms with E-state index in [9.17, 15) is 4.79 Å². The van der Waals surface area contributed by atoms with Crippen LogP contribution in [0.5, 0.6) is 11.5 Å². The number of hydrogen-bond donors (Lipinski definition) is 1. The SMILES string of the molecule is O=C(c1cc(Oc2ccccc2Cl)ccn1)N1CCCCC1Cc1nn[nH]n1. The summed E-state index contributed by atoms with van der Waals surface area (Å²) in [7, 11) is 0. The number of para-hydroxylation sites is 1. The summed E-state index contributed by atoms with van der Waals surface area (Å²) in [6.45, 7) is 0.679. The molecule has 3 aromatic rings. The van der Waals surface area contributed by atoms with Gasteiger partial charge in [-0.25, -0.2) is 0 Å². The summed E-state index contributed by atoms with van der Waals surface area (Å²) in [6.07, 6.45) is 5.06. The van der Waals surface area contributed by atoms with E-state index >= 15 is 0 Å². The highest BCUT2D eigenvalue weighted by Gasteiger charge is 2.29. The Balaban J connectivity index is 1.52. The maximum atomic E-state index is 13.1. The predicted molar refractivity (Wildman–Crippen MR) is 102 cm³/mol. The van der Waals surface area contributed by atoms with Crippen molar-refractivity contribution in [2.45, 2.75) is 31.7 Å². The first-order chi connectivity index (χ1) is 13.7. The van der Waals surface area contributed by atoms with E-state index in [4.69, 9.17) is 16.3 Å². The number of piperidine rings is 1. The molecule has 9 heteroatoms. The molecule has 3 heterocycles. The summed E-state index contributed by atoms with van der Waals surface area (Å²) in [6, 6.07) is 10.6. The van der Waals surface area contributed by atoms with Gasteiger partial charge in [-0.2, -0.15) is 5.21 Å². The number of H-pyrrole nitrogens is 1. The van der Waals surface area contributed by atoms with Gasteiger partial charge in [0, 0.05) is 31.3 Å². The Morgan fingerprint density at radius 1 is 1.29 bits per heavy atom. The van der Waals surface area contributed by atoms with Crippen LogP contribution in [0, 0.1) is 0 Å². The molecule has 0 bridgehead atoms. The minimum atomic E-state index is -0.127. The van der Waals surface area contributed by atoms with E-state index in [0.29, 0.717) is 41.0 Å². The molecule has 0 spiro atoms. The molecule has 1 aromatic carbocycles. The van der Waals surface area contributed by atoms with Crippen LogP contribution in [0.2, 0.25) is 5.02 Å². The van der Waals surface area contributed by atoms with Crippen molar-refractivity contribution in [2.24, 2.45) is 0 Å². The number of aromatic nitrogens is 5. The zero-order chi connectivity index (χ0) is 19.3. The first-order valence-corrected chi connectivity index (χ1v) is 9.50. The molecule has 28 heavy (non-hydrogen) atoms. The summed E-state index contributed by atoms with van der Waals surface area (Å²) >= 11 is 6.15. The summed E-state index contributed by atoms with van der Waals surface area (Å²) in [5.41, 5.74) is 0.338. The molecule has 1 N–H and O–H groups in total. The summed E-state index contributed by atoms with van der Waals surface area (Å²) in [5, 5.41) is 14.6. The maximum absolute atomic E-state index is 13.1. The van der Waals surface area contributed by atoms with E-state index in [-0.39, 0.29) is 11.9 Å². The number of carbonyl (C=O) groups excluding carboxylic acids is 1. The molecule has 1 unspecified atom stereocenters. The molecule has 0 saturated carbocycles. The Bertz CT molecular complexity index is 949. The average molecular weight is 399 g/mol. The third-order valence-corrected chi connectivity index (χ3v) is 5.02. The van der Waals surface area contributed by atoms with Crippen LogP contribution in [0.25, 0.3) is 0 Å². The van der Waals surface area contributed by atoms with Crippen molar-refractivity contribution in [1.29, 1.82) is 0 Å². The molecule has 1 fully saturated rings. The highest BCUT2D eigenvalue weighted by molar-refractivity contribution is 6.32. The highest BCUT2D eigenvalue weighted by atomic mass is 35.5. The number of pyridine rings is 1. The van der Waals surface area contributed by atoms with Crippen LogP contribution in [-0.2, 0) is 6.42 Å². The van der Waals surface area contributed by atoms with Crippen molar-refractivity contribution >= 4 is 17.5 Å². The van der Waals surface area contributed by atoms with Gasteiger partial charge in [0.05, 0.1) is 5.02 Å². The van der Waals surface area contributed by atoms with Crippen molar-refractivity contribution in [2.75, 3.05) is 6.54 Å². The number of rotatable bonds is 5. The van der Waals surface area contributed by atoms with E-state index in [1.54, 1.807) is 30.5 Å². The van der Waals surface area contributed by atoms with Crippen molar-refractivity contribution in [3.63, 3.8) is 0 Å². The van der Waals surface area contributed by atoms with Crippen LogP contribution in [0.1, 0.15) is 35.6 Å². The monoisotopic (exact) mass is 398 g/mol. The highest BCUT2D eigenvalue weighted by Crippen LogP contribution is 2.29. The zero-order valence-electron chi connectivity index (χ0n) is 15.1. The van der Waals surface area contributed by atoms with Crippen LogP contribution in [0.3, 0.4) is 0 Å². The molecule has 1 aliphatic heterocycles. The quantitative estimate of drug-likeness (QED) is 0.708. The van der Waals surface area contributed by atoms with Crippen LogP contribution in [0.15, 0.2) is 42.6 Å². The molecule has 144 valence electrons. The number of likely N-dealkylation sites (tertiary alicyclic amines) is 1. The van der Waals surface area contributed by atoms with Crippen LogP contribution in [-0.4, -0.2) is 49.0 Å². The van der Waals surface area contributed by atoms with Gasteiger partial charge in [0.2, 0.25) is 0 Å². The van der Waals surface area contributed by atoms with Crippen LogP contribution in [0.4, 0.5) is 0 Å². The van der Waals surface area contributed by atoms with Crippen LogP contribution < -0.4 is 4.74 Å². The van der Waals surface area contributed by atoms with Gasteiger partial charge < -0.3 is 9.64 Å². The number of nitrogens with zero attached hydrogens (tertiary/aromatic N) is 5. The Morgan fingerprint density at radius 3 is 3.00 bits per heavy atom. The molecule has 4 rings (SSSR count). The molecule has 1 amide bonds. The molecule has 1 aliphatic rings. The van der Waals surface area contributed by atoms with Gasteiger partial charge in [0.15, 0.2) is 5.82 Å². The molecule has 0 aliphatic carbocycles. The maximum Gasteiger partial charge on any atom is 0.272 e. The number of hydrogen-bond acceptors (Lipinski definition) is 6. The molecular weight excluding hydrogens is 380 g/mol.